The lowest BCUT2D eigenvalue weighted by Gasteiger charge is -2.14. The molecule has 0 amide bonds. The maximum atomic E-state index is 5.69. The van der Waals surface area contributed by atoms with Gasteiger partial charge >= 0.3 is 0 Å². The van der Waals surface area contributed by atoms with Crippen LogP contribution >= 0.6 is 0 Å². The van der Waals surface area contributed by atoms with Crippen LogP contribution in [0.3, 0.4) is 0 Å². The second kappa shape index (κ2) is 12.4. The number of benzene rings is 2. The van der Waals surface area contributed by atoms with Crippen LogP contribution in [0.1, 0.15) is 23.6 Å². The summed E-state index contributed by atoms with van der Waals surface area (Å²) in [6, 6.07) is 18.3. The lowest BCUT2D eigenvalue weighted by Crippen LogP contribution is -2.37. The Bertz CT molecular complexity index is 941. The van der Waals surface area contributed by atoms with E-state index in [0.717, 1.165) is 30.4 Å². The molecule has 3 aromatic rings. The van der Waals surface area contributed by atoms with Crippen LogP contribution < -0.4 is 15.4 Å². The van der Waals surface area contributed by atoms with Crippen molar-refractivity contribution in [3.8, 4) is 5.75 Å². The standard InChI is InChI=1S/C24H31N5O2/c1-3-25-24(26-17-20-8-6-11-23(16-20)31-15-14-30-2)27-18-21-9-4-5-10-22(21)19-29-13-7-12-28-29/h4-13,16H,3,14-15,17-19H2,1-2H3,(H2,25,26,27). The number of hydrogen-bond donors (Lipinski definition) is 2. The molecule has 7 nitrogen and oxygen atoms in total. The molecule has 0 fully saturated rings. The minimum atomic E-state index is 0.533. The molecular formula is C24H31N5O2. The molecule has 0 aliphatic carbocycles. The molecule has 0 bridgehead atoms. The van der Waals surface area contributed by atoms with Crippen LogP contribution in [0.25, 0.3) is 0 Å². The number of aromatic nitrogens is 2. The minimum absolute atomic E-state index is 0.533. The van der Waals surface area contributed by atoms with Crippen molar-refractivity contribution < 1.29 is 9.47 Å². The van der Waals surface area contributed by atoms with Crippen LogP contribution in [0.5, 0.6) is 5.75 Å². The molecule has 0 saturated heterocycles. The Morgan fingerprint density at radius 2 is 1.90 bits per heavy atom. The van der Waals surface area contributed by atoms with E-state index in [2.05, 4.69) is 53.0 Å². The molecule has 7 heteroatoms. The van der Waals surface area contributed by atoms with Crippen molar-refractivity contribution in [3.63, 3.8) is 0 Å². The lowest BCUT2D eigenvalue weighted by molar-refractivity contribution is 0.146. The predicted octanol–water partition coefficient (Wildman–Crippen LogP) is 3.21. The second-order valence-corrected chi connectivity index (χ2v) is 7.01. The molecular weight excluding hydrogens is 390 g/mol. The van der Waals surface area contributed by atoms with E-state index in [9.17, 15) is 0 Å². The fourth-order valence-corrected chi connectivity index (χ4v) is 3.12. The fourth-order valence-electron chi connectivity index (χ4n) is 3.12. The molecule has 0 aliphatic rings. The van der Waals surface area contributed by atoms with Crippen LogP contribution in [-0.2, 0) is 24.4 Å². The molecule has 3 rings (SSSR count). The summed E-state index contributed by atoms with van der Waals surface area (Å²) in [6.45, 7) is 5.95. The molecule has 0 saturated carbocycles. The molecule has 164 valence electrons. The molecule has 0 atom stereocenters. The third kappa shape index (κ3) is 7.46. The summed E-state index contributed by atoms with van der Waals surface area (Å²) in [6.07, 6.45) is 3.78. The Morgan fingerprint density at radius 3 is 2.68 bits per heavy atom. The van der Waals surface area contributed by atoms with Gasteiger partial charge in [0.25, 0.3) is 0 Å². The van der Waals surface area contributed by atoms with E-state index in [4.69, 9.17) is 14.5 Å². The monoisotopic (exact) mass is 421 g/mol. The molecule has 0 spiro atoms. The molecule has 0 aliphatic heterocycles. The Morgan fingerprint density at radius 1 is 1.03 bits per heavy atom. The third-order valence-electron chi connectivity index (χ3n) is 4.67. The first-order valence-corrected chi connectivity index (χ1v) is 10.6. The van der Waals surface area contributed by atoms with Gasteiger partial charge in [0.2, 0.25) is 0 Å². The van der Waals surface area contributed by atoms with Gasteiger partial charge in [-0.25, -0.2) is 4.99 Å². The van der Waals surface area contributed by atoms with Gasteiger partial charge in [0.15, 0.2) is 5.96 Å². The van der Waals surface area contributed by atoms with Gasteiger partial charge in [0.1, 0.15) is 12.4 Å². The Balaban J connectivity index is 1.61. The Kier molecular flexibility index (Phi) is 8.94. The zero-order valence-electron chi connectivity index (χ0n) is 18.3. The smallest absolute Gasteiger partial charge is 0.191 e. The van der Waals surface area contributed by atoms with E-state index in [-0.39, 0.29) is 0 Å². The van der Waals surface area contributed by atoms with Gasteiger partial charge in [-0.2, -0.15) is 5.10 Å². The number of hydrogen-bond acceptors (Lipinski definition) is 4. The van der Waals surface area contributed by atoms with Crippen LogP contribution in [0.2, 0.25) is 0 Å². The quantitative estimate of drug-likeness (QED) is 0.283. The molecule has 1 heterocycles. The van der Waals surface area contributed by atoms with Gasteiger partial charge in [0, 0.05) is 32.6 Å². The third-order valence-corrected chi connectivity index (χ3v) is 4.67. The number of ether oxygens (including phenoxy) is 2. The van der Waals surface area contributed by atoms with Crippen LogP contribution in [0, 0.1) is 0 Å². The largest absolute Gasteiger partial charge is 0.491 e. The predicted molar refractivity (Wildman–Crippen MR) is 123 cm³/mol. The molecule has 2 aromatic carbocycles. The van der Waals surface area contributed by atoms with Crippen molar-refractivity contribution in [1.82, 2.24) is 20.4 Å². The van der Waals surface area contributed by atoms with Gasteiger partial charge < -0.3 is 20.1 Å². The minimum Gasteiger partial charge on any atom is -0.491 e. The highest BCUT2D eigenvalue weighted by Gasteiger charge is 2.05. The van der Waals surface area contributed by atoms with Crippen molar-refractivity contribution in [3.05, 3.63) is 83.7 Å². The highest BCUT2D eigenvalue weighted by molar-refractivity contribution is 5.79. The second-order valence-electron chi connectivity index (χ2n) is 7.01. The number of nitrogens with zero attached hydrogens (tertiary/aromatic N) is 3. The van der Waals surface area contributed by atoms with Crippen molar-refractivity contribution in [2.24, 2.45) is 4.99 Å². The molecule has 2 N–H and O–H groups in total. The summed E-state index contributed by atoms with van der Waals surface area (Å²) in [5.74, 6) is 1.61. The summed E-state index contributed by atoms with van der Waals surface area (Å²) in [5, 5.41) is 11.1. The first kappa shape index (κ1) is 22.4. The maximum absolute atomic E-state index is 5.69. The van der Waals surface area contributed by atoms with E-state index in [1.807, 2.05) is 35.1 Å². The zero-order chi connectivity index (χ0) is 21.7. The normalized spacial score (nSPS) is 11.4. The number of aliphatic imine (C=N–C) groups is 1. The van der Waals surface area contributed by atoms with Crippen molar-refractivity contribution in [2.45, 2.75) is 26.6 Å². The number of methoxy groups -OCH3 is 1. The summed E-state index contributed by atoms with van der Waals surface area (Å²) in [7, 11) is 1.67. The van der Waals surface area contributed by atoms with Gasteiger partial charge in [-0.15, -0.1) is 0 Å². The van der Waals surface area contributed by atoms with Crippen LogP contribution in [0.4, 0.5) is 0 Å². The van der Waals surface area contributed by atoms with Crippen molar-refractivity contribution >= 4 is 5.96 Å². The van der Waals surface area contributed by atoms with Crippen LogP contribution in [0.15, 0.2) is 72.0 Å². The van der Waals surface area contributed by atoms with E-state index in [0.29, 0.717) is 26.3 Å². The Hall–Kier alpha value is -3.32. The van der Waals surface area contributed by atoms with Gasteiger partial charge in [-0.3, -0.25) is 4.68 Å². The lowest BCUT2D eigenvalue weighted by atomic mass is 10.1. The highest BCUT2D eigenvalue weighted by Crippen LogP contribution is 2.14. The van der Waals surface area contributed by atoms with Gasteiger partial charge in [0.05, 0.1) is 19.7 Å². The molecule has 1 aromatic heterocycles. The first-order chi connectivity index (χ1) is 15.3. The zero-order valence-corrected chi connectivity index (χ0v) is 18.3. The summed E-state index contributed by atoms with van der Waals surface area (Å²) in [4.78, 5) is 4.74. The fraction of sp³-hybridized carbons (Fsp3) is 0.333. The van der Waals surface area contributed by atoms with E-state index in [1.165, 1.54) is 11.1 Å². The van der Waals surface area contributed by atoms with E-state index < -0.39 is 0 Å². The number of nitrogens with one attached hydrogen (secondary N) is 2. The van der Waals surface area contributed by atoms with Crippen LogP contribution in [-0.4, -0.2) is 42.6 Å². The van der Waals surface area contributed by atoms with E-state index >= 15 is 0 Å². The molecule has 0 unspecified atom stereocenters. The topological polar surface area (TPSA) is 72.7 Å². The maximum Gasteiger partial charge on any atom is 0.191 e. The van der Waals surface area contributed by atoms with E-state index in [1.54, 1.807) is 13.3 Å². The summed E-state index contributed by atoms with van der Waals surface area (Å²) < 4.78 is 12.7. The van der Waals surface area contributed by atoms with Gasteiger partial charge in [-0.05, 0) is 41.8 Å². The number of rotatable bonds is 11. The average Bonchev–Trinajstić information content (AvgIpc) is 3.30. The first-order valence-electron chi connectivity index (χ1n) is 10.6. The summed E-state index contributed by atoms with van der Waals surface area (Å²) in [5.41, 5.74) is 3.54. The van der Waals surface area contributed by atoms with Crippen molar-refractivity contribution in [2.75, 3.05) is 26.9 Å². The van der Waals surface area contributed by atoms with Gasteiger partial charge in [-0.1, -0.05) is 36.4 Å². The molecule has 31 heavy (non-hydrogen) atoms. The highest BCUT2D eigenvalue weighted by atomic mass is 16.5. The van der Waals surface area contributed by atoms with Crippen molar-refractivity contribution in [1.29, 1.82) is 0 Å². The number of guanidine groups is 1. The molecule has 0 radical (unpaired) electrons. The SMILES string of the molecule is CCNC(=NCc1cccc(OCCOC)c1)NCc1ccccc1Cn1cccn1. The Labute approximate surface area is 184 Å². The average molecular weight is 422 g/mol. The summed E-state index contributed by atoms with van der Waals surface area (Å²) >= 11 is 0.